The van der Waals surface area contributed by atoms with Crippen molar-refractivity contribution in [2.24, 2.45) is 5.73 Å². The fraction of sp³-hybridized carbons (Fsp3) is 0.250. The standard InChI is InChI=1S/C24H24BrF2N3O3/c1-13(28)23(31)29-11-16-5-3-15(4-6-16)9-19-14(2)30-24(32)21(25)22(19)33-12-17-7-8-18(26)10-20(17)27/h3-8,10,13H,9,11-12,28H2,1-2H3,(H,29,31)(H,30,32)/t13-/m1/s1. The molecule has 4 N–H and O–H groups in total. The highest BCUT2D eigenvalue weighted by Gasteiger charge is 2.17. The third-order valence-electron chi connectivity index (χ3n) is 5.10. The van der Waals surface area contributed by atoms with Crippen molar-refractivity contribution < 1.29 is 18.3 Å². The number of hydrogen-bond donors (Lipinski definition) is 3. The number of halogens is 3. The van der Waals surface area contributed by atoms with Crippen LogP contribution >= 0.6 is 15.9 Å². The Kier molecular flexibility index (Phi) is 7.99. The molecule has 0 aliphatic carbocycles. The molecule has 0 saturated heterocycles. The maximum absolute atomic E-state index is 14.0. The second-order valence-electron chi connectivity index (χ2n) is 7.72. The number of carbonyl (C=O) groups is 1. The lowest BCUT2D eigenvalue weighted by Crippen LogP contribution is -2.37. The van der Waals surface area contributed by atoms with Crippen LogP contribution in [-0.4, -0.2) is 16.9 Å². The van der Waals surface area contributed by atoms with Gasteiger partial charge < -0.3 is 20.8 Å². The molecule has 3 rings (SSSR count). The molecule has 33 heavy (non-hydrogen) atoms. The minimum atomic E-state index is -0.721. The number of nitrogens with one attached hydrogen (secondary N) is 2. The van der Waals surface area contributed by atoms with Crippen LogP contribution in [0.3, 0.4) is 0 Å². The van der Waals surface area contributed by atoms with Crippen molar-refractivity contribution in [2.45, 2.75) is 39.5 Å². The molecule has 0 spiro atoms. The summed E-state index contributed by atoms with van der Waals surface area (Å²) >= 11 is 3.27. The first-order chi connectivity index (χ1) is 15.7. The number of hydrogen-bond acceptors (Lipinski definition) is 4. The highest BCUT2D eigenvalue weighted by molar-refractivity contribution is 9.10. The summed E-state index contributed by atoms with van der Waals surface area (Å²) in [6, 6.07) is 10.3. The summed E-state index contributed by atoms with van der Waals surface area (Å²) in [7, 11) is 0. The number of H-pyrrole nitrogens is 1. The van der Waals surface area contributed by atoms with Crippen LogP contribution in [0.1, 0.15) is 34.9 Å². The molecule has 9 heteroatoms. The predicted molar refractivity (Wildman–Crippen MR) is 125 cm³/mol. The van der Waals surface area contributed by atoms with Gasteiger partial charge in [0.25, 0.3) is 5.56 Å². The Morgan fingerprint density at radius 2 is 1.85 bits per heavy atom. The summed E-state index contributed by atoms with van der Waals surface area (Å²) in [6.07, 6.45) is 0.439. The third-order valence-corrected chi connectivity index (χ3v) is 5.82. The summed E-state index contributed by atoms with van der Waals surface area (Å²) in [5.41, 5.74) is 8.54. The van der Waals surface area contributed by atoms with Crippen molar-refractivity contribution in [3.63, 3.8) is 0 Å². The van der Waals surface area contributed by atoms with Gasteiger partial charge in [-0.2, -0.15) is 0 Å². The van der Waals surface area contributed by atoms with Crippen molar-refractivity contribution in [2.75, 3.05) is 0 Å². The van der Waals surface area contributed by atoms with Gasteiger partial charge in [0.05, 0.1) is 6.04 Å². The monoisotopic (exact) mass is 519 g/mol. The van der Waals surface area contributed by atoms with Gasteiger partial charge in [-0.3, -0.25) is 9.59 Å². The summed E-state index contributed by atoms with van der Waals surface area (Å²) in [4.78, 5) is 26.7. The van der Waals surface area contributed by atoms with Gasteiger partial charge in [-0.15, -0.1) is 0 Å². The summed E-state index contributed by atoms with van der Waals surface area (Å²) in [5, 5.41) is 2.76. The van der Waals surface area contributed by atoms with Gasteiger partial charge in [-0.05, 0) is 53.0 Å². The van der Waals surface area contributed by atoms with Crippen molar-refractivity contribution in [3.8, 4) is 5.75 Å². The van der Waals surface area contributed by atoms with Crippen molar-refractivity contribution in [1.82, 2.24) is 10.3 Å². The maximum Gasteiger partial charge on any atom is 0.266 e. The van der Waals surface area contributed by atoms with Crippen LogP contribution in [0.2, 0.25) is 0 Å². The zero-order valence-electron chi connectivity index (χ0n) is 18.2. The quantitative estimate of drug-likeness (QED) is 0.421. The number of nitrogens with two attached hydrogens (primary N) is 1. The number of amides is 1. The lowest BCUT2D eigenvalue weighted by molar-refractivity contribution is -0.122. The smallest absolute Gasteiger partial charge is 0.266 e. The average molecular weight is 520 g/mol. The van der Waals surface area contributed by atoms with E-state index in [0.717, 1.165) is 28.8 Å². The maximum atomic E-state index is 14.0. The Labute approximate surface area is 198 Å². The molecule has 1 aromatic heterocycles. The summed E-state index contributed by atoms with van der Waals surface area (Å²) < 4.78 is 33.2. The molecular formula is C24H24BrF2N3O3. The predicted octanol–water partition coefficient (Wildman–Crippen LogP) is 3.86. The number of aromatic nitrogens is 1. The lowest BCUT2D eigenvalue weighted by atomic mass is 10.0. The first-order valence-corrected chi connectivity index (χ1v) is 11.0. The molecule has 3 aromatic rings. The topological polar surface area (TPSA) is 97.2 Å². The van der Waals surface area contributed by atoms with Crippen LogP contribution in [0.15, 0.2) is 51.7 Å². The van der Waals surface area contributed by atoms with Crippen LogP contribution < -0.4 is 21.3 Å². The van der Waals surface area contributed by atoms with Crippen molar-refractivity contribution in [3.05, 3.63) is 96.9 Å². The van der Waals surface area contributed by atoms with Crippen molar-refractivity contribution in [1.29, 1.82) is 0 Å². The van der Waals surface area contributed by atoms with Gasteiger partial charge in [0.1, 0.15) is 28.5 Å². The summed E-state index contributed by atoms with van der Waals surface area (Å²) in [6.45, 7) is 3.57. The zero-order chi connectivity index (χ0) is 24.1. The Hall–Kier alpha value is -3.04. The molecule has 6 nitrogen and oxygen atoms in total. The molecule has 0 aliphatic heterocycles. The number of aromatic amines is 1. The van der Waals surface area contributed by atoms with Crippen LogP contribution in [0.25, 0.3) is 0 Å². The van der Waals surface area contributed by atoms with E-state index in [1.54, 1.807) is 13.8 Å². The zero-order valence-corrected chi connectivity index (χ0v) is 19.8. The molecular weight excluding hydrogens is 496 g/mol. The lowest BCUT2D eigenvalue weighted by Gasteiger charge is -2.16. The average Bonchev–Trinajstić information content (AvgIpc) is 2.77. The molecule has 0 bridgehead atoms. The number of rotatable bonds is 8. The molecule has 0 fully saturated rings. The molecule has 0 aliphatic rings. The molecule has 0 saturated carbocycles. The van der Waals surface area contributed by atoms with Gasteiger partial charge in [0.15, 0.2) is 0 Å². The van der Waals surface area contributed by atoms with E-state index >= 15 is 0 Å². The minimum Gasteiger partial charge on any atom is -0.487 e. The fourth-order valence-corrected chi connectivity index (χ4v) is 3.64. The van der Waals surface area contributed by atoms with E-state index < -0.39 is 17.7 Å². The van der Waals surface area contributed by atoms with E-state index in [2.05, 4.69) is 26.2 Å². The Morgan fingerprint density at radius 1 is 1.18 bits per heavy atom. The Morgan fingerprint density at radius 3 is 2.48 bits per heavy atom. The van der Waals surface area contributed by atoms with E-state index in [1.807, 2.05) is 24.3 Å². The molecule has 0 radical (unpaired) electrons. The SMILES string of the molecule is Cc1[nH]c(=O)c(Br)c(OCc2ccc(F)cc2F)c1Cc1ccc(CNC(=O)[C@@H](C)N)cc1. The number of ether oxygens (including phenoxy) is 1. The number of aryl methyl sites for hydroxylation is 1. The number of carbonyl (C=O) groups excluding carboxylic acids is 1. The van der Waals surface area contributed by atoms with E-state index in [-0.39, 0.29) is 28.1 Å². The highest BCUT2D eigenvalue weighted by Crippen LogP contribution is 2.31. The molecule has 2 aromatic carbocycles. The first-order valence-electron chi connectivity index (χ1n) is 10.2. The van der Waals surface area contributed by atoms with E-state index in [9.17, 15) is 18.4 Å². The molecule has 1 amide bonds. The van der Waals surface area contributed by atoms with Crippen LogP contribution in [0.5, 0.6) is 5.75 Å². The Bertz CT molecular complexity index is 1210. The first kappa shape index (κ1) is 24.6. The number of pyridine rings is 1. The van der Waals surface area contributed by atoms with Crippen LogP contribution in [0.4, 0.5) is 8.78 Å². The van der Waals surface area contributed by atoms with Gasteiger partial charge in [0, 0.05) is 35.9 Å². The van der Waals surface area contributed by atoms with Crippen LogP contribution in [-0.2, 0) is 24.4 Å². The highest BCUT2D eigenvalue weighted by atomic mass is 79.9. The molecule has 1 heterocycles. The second-order valence-corrected chi connectivity index (χ2v) is 8.52. The molecule has 0 unspecified atom stereocenters. The largest absolute Gasteiger partial charge is 0.487 e. The normalized spacial score (nSPS) is 11.8. The van der Waals surface area contributed by atoms with Gasteiger partial charge in [-0.1, -0.05) is 24.3 Å². The Balaban J connectivity index is 1.80. The van der Waals surface area contributed by atoms with Crippen molar-refractivity contribution >= 4 is 21.8 Å². The van der Waals surface area contributed by atoms with E-state index in [1.165, 1.54) is 6.07 Å². The van der Waals surface area contributed by atoms with Gasteiger partial charge in [0.2, 0.25) is 5.91 Å². The number of benzene rings is 2. The summed E-state index contributed by atoms with van der Waals surface area (Å²) in [5.74, 6) is -1.33. The van der Waals surface area contributed by atoms with Gasteiger partial charge >= 0.3 is 0 Å². The third kappa shape index (κ3) is 6.27. The van der Waals surface area contributed by atoms with Gasteiger partial charge in [-0.25, -0.2) is 8.78 Å². The van der Waals surface area contributed by atoms with E-state index in [0.29, 0.717) is 24.4 Å². The minimum absolute atomic E-state index is 0.168. The van der Waals surface area contributed by atoms with E-state index in [4.69, 9.17) is 10.5 Å². The second kappa shape index (κ2) is 10.7. The fourth-order valence-electron chi connectivity index (χ4n) is 3.19. The van der Waals surface area contributed by atoms with Crippen LogP contribution in [0, 0.1) is 18.6 Å². The molecule has 174 valence electrons. The molecule has 1 atom stereocenters.